The summed E-state index contributed by atoms with van der Waals surface area (Å²) in [5.74, 6) is -2.53. The number of hydrogen-bond acceptors (Lipinski definition) is 15. The molecule has 3 fully saturated rings. The van der Waals surface area contributed by atoms with E-state index in [0.29, 0.717) is 61.3 Å². The first-order valence-corrected chi connectivity index (χ1v) is 21.5. The molecule has 4 heterocycles. The summed E-state index contributed by atoms with van der Waals surface area (Å²) >= 11 is 0. The summed E-state index contributed by atoms with van der Waals surface area (Å²) in [6.45, 7) is 0.409. The highest BCUT2D eigenvalue weighted by molar-refractivity contribution is 6.14. The number of phenols is 2. The van der Waals surface area contributed by atoms with Crippen LogP contribution in [0.2, 0.25) is 0 Å². The molecule has 0 bridgehead atoms. The molecule has 0 radical (unpaired) electrons. The molecular formula is C47H50N4O13. The highest BCUT2D eigenvalue weighted by Gasteiger charge is 2.69. The smallest absolute Gasteiger partial charge is 0.336 e. The molecule has 64 heavy (non-hydrogen) atoms. The van der Waals surface area contributed by atoms with Gasteiger partial charge in [-0.3, -0.25) is 10.4 Å². The summed E-state index contributed by atoms with van der Waals surface area (Å²) < 4.78 is 31.3. The van der Waals surface area contributed by atoms with Crippen molar-refractivity contribution in [3.63, 3.8) is 0 Å². The quantitative estimate of drug-likeness (QED) is 0.101. The lowest BCUT2D eigenvalue weighted by Gasteiger charge is -2.57. The maximum absolute atomic E-state index is 13.2. The molecule has 4 aliphatic heterocycles. The van der Waals surface area contributed by atoms with Crippen LogP contribution in [0.3, 0.4) is 0 Å². The van der Waals surface area contributed by atoms with Gasteiger partial charge in [-0.2, -0.15) is 0 Å². The van der Waals surface area contributed by atoms with Crippen molar-refractivity contribution in [1.82, 2.24) is 0 Å². The van der Waals surface area contributed by atoms with Crippen molar-refractivity contribution in [3.05, 3.63) is 89.5 Å². The van der Waals surface area contributed by atoms with Crippen molar-refractivity contribution >= 4 is 35.3 Å². The van der Waals surface area contributed by atoms with E-state index in [1.807, 2.05) is 0 Å². The molecule has 0 amide bonds. The van der Waals surface area contributed by atoms with E-state index in [2.05, 4.69) is 15.0 Å². The number of benzene rings is 3. The summed E-state index contributed by atoms with van der Waals surface area (Å²) in [5.41, 5.74) is -2.92. The van der Waals surface area contributed by atoms with Gasteiger partial charge in [-0.15, -0.1) is 0 Å². The Balaban J connectivity index is 1.06. The fourth-order valence-corrected chi connectivity index (χ4v) is 10.2. The second-order valence-electron chi connectivity index (χ2n) is 17.1. The number of hydrogen-bond donors (Lipinski definition) is 8. The number of amidine groups is 1. The van der Waals surface area contributed by atoms with Gasteiger partial charge in [-0.1, -0.05) is 43.5 Å². The molecule has 2 aliphatic carbocycles. The minimum Gasteiger partial charge on any atom is -0.508 e. The molecule has 8 N–H and O–H groups in total. The van der Waals surface area contributed by atoms with E-state index in [1.54, 1.807) is 54.6 Å². The Hall–Kier alpha value is -6.27. The van der Waals surface area contributed by atoms with Crippen LogP contribution in [0.1, 0.15) is 87.0 Å². The second-order valence-corrected chi connectivity index (χ2v) is 17.1. The van der Waals surface area contributed by atoms with Gasteiger partial charge in [0.1, 0.15) is 70.3 Å². The fourth-order valence-electron chi connectivity index (χ4n) is 10.2. The number of aliphatic hydroxyl groups is 4. The predicted octanol–water partition coefficient (Wildman–Crippen LogP) is 5.81. The van der Waals surface area contributed by atoms with E-state index in [1.165, 1.54) is 24.5 Å². The molecule has 0 spiro atoms. The second kappa shape index (κ2) is 17.0. The van der Waals surface area contributed by atoms with Gasteiger partial charge in [-0.25, -0.2) is 14.8 Å². The van der Waals surface area contributed by atoms with E-state index >= 15 is 0 Å². The van der Waals surface area contributed by atoms with Gasteiger partial charge in [0.25, 0.3) is 0 Å². The standard InChI is InChI=1S/C47H50N4O13/c48-36-14-11-28(51-36)15-20-60-30-12-9-26(10-13-30)32-22-31(53)37-33(61-32)23-34(40(38(37)54)64-46(18-4-5-19-46)27-7-6-8-29(52)21-27)62-44-39(55)41(56)47(59,42(63-44)43(57)58)45(16-2-1-3-17-45)35-24-49-25-50-35/h6-14,21-23,25,32,39,41-42,44,48,52-56,59H,1-5,15-20,24H2,(H,57,58)/t32?,39-,41+,42-,44-,47+/m1/s1. The Bertz CT molecular complexity index is 2470. The largest absolute Gasteiger partial charge is 0.508 e. The lowest BCUT2D eigenvalue weighted by atomic mass is 9.55. The van der Waals surface area contributed by atoms with Gasteiger partial charge >= 0.3 is 5.97 Å². The van der Waals surface area contributed by atoms with Crippen LogP contribution in [0, 0.1) is 10.8 Å². The summed E-state index contributed by atoms with van der Waals surface area (Å²) in [4.78, 5) is 25.9. The van der Waals surface area contributed by atoms with Crippen LogP contribution < -0.4 is 18.9 Å². The Labute approximate surface area is 367 Å². The van der Waals surface area contributed by atoms with Gasteiger partial charge < -0.3 is 59.4 Å². The van der Waals surface area contributed by atoms with Crippen LogP contribution in [0.25, 0.3) is 5.76 Å². The molecule has 3 aromatic rings. The molecular weight excluding hydrogens is 829 g/mol. The first-order chi connectivity index (χ1) is 30.8. The summed E-state index contributed by atoms with van der Waals surface area (Å²) in [7, 11) is 0. The average molecular weight is 879 g/mol. The predicted molar refractivity (Wildman–Crippen MR) is 232 cm³/mol. The first kappa shape index (κ1) is 43.0. The Morgan fingerprint density at radius 1 is 0.938 bits per heavy atom. The molecule has 6 aliphatic rings. The van der Waals surface area contributed by atoms with Crippen molar-refractivity contribution in [2.24, 2.45) is 20.4 Å². The topological polar surface area (TPSA) is 266 Å². The van der Waals surface area contributed by atoms with Crippen LogP contribution >= 0.6 is 0 Å². The number of allylic oxidation sites excluding steroid dienone is 1. The van der Waals surface area contributed by atoms with Crippen LogP contribution in [-0.2, 0) is 15.1 Å². The molecule has 6 atom stereocenters. The first-order valence-electron chi connectivity index (χ1n) is 21.5. The van der Waals surface area contributed by atoms with Gasteiger partial charge in [-0.05, 0) is 86.1 Å². The van der Waals surface area contributed by atoms with Crippen molar-refractivity contribution in [1.29, 1.82) is 5.41 Å². The molecule has 3 aromatic carbocycles. The van der Waals surface area contributed by atoms with Gasteiger partial charge in [0, 0.05) is 29.7 Å². The molecule has 1 unspecified atom stereocenters. The number of fused-ring (bicyclic) bond motifs is 1. The normalized spacial score (nSPS) is 27.8. The molecule has 1 saturated heterocycles. The Morgan fingerprint density at radius 3 is 2.36 bits per heavy atom. The number of aliphatic imine (C=N–C) groups is 3. The summed E-state index contributed by atoms with van der Waals surface area (Å²) in [5, 5.41) is 89.0. The van der Waals surface area contributed by atoms with Gasteiger partial charge in [0.15, 0.2) is 17.6 Å². The highest BCUT2D eigenvalue weighted by atomic mass is 16.7. The van der Waals surface area contributed by atoms with Crippen molar-refractivity contribution in [2.45, 2.75) is 106 Å². The number of aliphatic hydroxyl groups excluding tert-OH is 3. The number of aromatic hydroxyl groups is 2. The summed E-state index contributed by atoms with van der Waals surface area (Å²) in [6.07, 6.45) is 2.31. The number of carboxylic acid groups (broad SMARTS) is 1. The Morgan fingerprint density at radius 2 is 1.69 bits per heavy atom. The lowest BCUT2D eigenvalue weighted by molar-refractivity contribution is -0.326. The van der Waals surface area contributed by atoms with E-state index in [9.17, 15) is 40.5 Å². The number of aliphatic carboxylic acids is 1. The summed E-state index contributed by atoms with van der Waals surface area (Å²) in [6, 6.07) is 14.8. The average Bonchev–Trinajstić information content (AvgIpc) is 4.09. The van der Waals surface area contributed by atoms with E-state index in [4.69, 9.17) is 29.1 Å². The zero-order chi connectivity index (χ0) is 44.8. The number of rotatable bonds is 13. The molecule has 17 heteroatoms. The highest BCUT2D eigenvalue weighted by Crippen LogP contribution is 2.57. The lowest BCUT2D eigenvalue weighted by Crippen LogP contribution is -2.76. The van der Waals surface area contributed by atoms with Crippen LogP contribution in [-0.4, -0.2) is 109 Å². The molecule has 9 rings (SSSR count). The maximum atomic E-state index is 13.2. The van der Waals surface area contributed by atoms with E-state index < -0.39 is 59.0 Å². The molecule has 2 saturated carbocycles. The third-order valence-electron chi connectivity index (χ3n) is 13.4. The molecule has 336 valence electrons. The number of ether oxygens (including phenoxy) is 5. The van der Waals surface area contributed by atoms with Crippen LogP contribution in [0.15, 0.2) is 87.8 Å². The molecule has 17 nitrogen and oxygen atoms in total. The maximum Gasteiger partial charge on any atom is 0.336 e. The third-order valence-corrected chi connectivity index (χ3v) is 13.4. The SMILES string of the molecule is N=C1C=CC(CCOc2ccc(C3C=C(O)c4c(cc(O[C@@H]5O[C@H](C(=O)O)[C@](O)(C6(C7=NC=NC7)CCCCC6)[C@@H](O)[C@H]5O)c(OC5(c6cccc(O)c6)CCCC5)c4O)O3)cc2)=N1. The number of nitrogens with one attached hydrogen (secondary N) is 1. The van der Waals surface area contributed by atoms with Crippen molar-refractivity contribution in [2.75, 3.05) is 13.2 Å². The van der Waals surface area contributed by atoms with Gasteiger partial charge in [0.05, 0.1) is 18.9 Å². The van der Waals surface area contributed by atoms with Crippen molar-refractivity contribution < 1.29 is 64.2 Å². The van der Waals surface area contributed by atoms with Crippen LogP contribution in [0.4, 0.5) is 0 Å². The minimum absolute atomic E-state index is 0.0116. The fraction of sp³-hybridized carbons (Fsp3) is 0.426. The zero-order valence-corrected chi connectivity index (χ0v) is 34.8. The minimum atomic E-state index is -2.58. The zero-order valence-electron chi connectivity index (χ0n) is 34.8. The molecule has 0 aromatic heterocycles. The number of nitrogens with zero attached hydrogens (tertiary/aromatic N) is 3. The number of carbonyl (C=O) groups is 1. The van der Waals surface area contributed by atoms with E-state index in [-0.39, 0.29) is 59.5 Å². The monoisotopic (exact) mass is 878 g/mol. The third kappa shape index (κ3) is 7.55. The van der Waals surface area contributed by atoms with Crippen molar-refractivity contribution in [3.8, 4) is 34.5 Å². The Kier molecular flexibility index (Phi) is 11.4. The van der Waals surface area contributed by atoms with Gasteiger partial charge in [0.2, 0.25) is 12.0 Å². The number of phenolic OH excluding ortho intramolecular Hbond substituents is 2. The van der Waals surface area contributed by atoms with E-state index in [0.717, 1.165) is 25.0 Å². The van der Waals surface area contributed by atoms with Crippen LogP contribution in [0.5, 0.6) is 34.5 Å². The number of carboxylic acids is 1.